The fourth-order valence-electron chi connectivity index (χ4n) is 0.885. The first-order valence-electron chi connectivity index (χ1n) is 3.19. The molecule has 0 unspecified atom stereocenters. The van der Waals surface area contributed by atoms with E-state index >= 15 is 0 Å². The number of nitrogens with zero attached hydrogens (tertiary/aromatic N) is 1. The van der Waals surface area contributed by atoms with Gasteiger partial charge in [-0.15, -0.1) is 0 Å². The summed E-state index contributed by atoms with van der Waals surface area (Å²) in [4.78, 5) is 0. The lowest BCUT2D eigenvalue weighted by molar-refractivity contribution is -1.08. The number of hydrogen-bond donors (Lipinski definition) is 1. The lowest BCUT2D eigenvalue weighted by atomic mass is 10.5. The van der Waals surface area contributed by atoms with Crippen LogP contribution in [0.2, 0.25) is 0 Å². The van der Waals surface area contributed by atoms with Gasteiger partial charge in [0.2, 0.25) is 0 Å². The molecule has 0 amide bonds. The average molecular weight is 166 g/mol. The molecule has 0 aliphatic carbocycles. The summed E-state index contributed by atoms with van der Waals surface area (Å²) in [5, 5.41) is 9.28. The highest BCUT2D eigenvalue weighted by atomic mass is 32.2. The highest BCUT2D eigenvalue weighted by Gasteiger charge is 2.31. The zero-order valence-corrected chi connectivity index (χ0v) is 6.76. The van der Waals surface area contributed by atoms with Crippen LogP contribution < -0.4 is 0 Å². The van der Waals surface area contributed by atoms with E-state index in [2.05, 4.69) is 0 Å². The van der Waals surface area contributed by atoms with Crippen LogP contribution in [0.5, 0.6) is 0 Å². The van der Waals surface area contributed by atoms with Crippen molar-refractivity contribution in [1.82, 2.24) is 0 Å². The van der Waals surface area contributed by atoms with Crippen LogP contribution in [0, 0.1) is 0 Å². The van der Waals surface area contributed by atoms with Gasteiger partial charge in [-0.3, -0.25) is 0 Å². The Bertz CT molecular complexity index is 203. The normalized spacial score (nSPS) is 29.8. The van der Waals surface area contributed by atoms with Crippen molar-refractivity contribution in [2.24, 2.45) is 0 Å². The first-order valence-corrected chi connectivity index (χ1v) is 5.01. The third-order valence-electron chi connectivity index (χ3n) is 1.77. The van der Waals surface area contributed by atoms with Crippen LogP contribution >= 0.6 is 0 Å². The van der Waals surface area contributed by atoms with Gasteiger partial charge in [0.05, 0.1) is 7.05 Å². The second-order valence-electron chi connectivity index (χ2n) is 2.94. The Morgan fingerprint density at radius 1 is 1.30 bits per heavy atom. The first-order chi connectivity index (χ1) is 4.41. The molecule has 1 aliphatic heterocycles. The molecule has 0 aromatic heterocycles. The summed E-state index contributed by atoms with van der Waals surface area (Å²) in [6.07, 6.45) is 0. The summed E-state index contributed by atoms with van der Waals surface area (Å²) in [6, 6.07) is 0. The Kier molecular flexibility index (Phi) is 1.74. The van der Waals surface area contributed by atoms with Crippen LogP contribution in [0.4, 0.5) is 0 Å². The molecule has 1 N–H and O–H groups in total. The molecule has 0 radical (unpaired) electrons. The molecule has 1 saturated heterocycles. The summed E-state index contributed by atoms with van der Waals surface area (Å²) in [6.45, 7) is 0.644. The molecule has 1 heterocycles. The second kappa shape index (κ2) is 2.18. The molecule has 0 saturated carbocycles. The second-order valence-corrected chi connectivity index (χ2v) is 5.24. The molecule has 0 spiro atoms. The van der Waals surface area contributed by atoms with E-state index in [9.17, 15) is 13.6 Å². The van der Waals surface area contributed by atoms with Crippen molar-refractivity contribution in [3.8, 4) is 0 Å². The maximum absolute atomic E-state index is 10.8. The molecule has 0 atom stereocenters. The minimum Gasteiger partial charge on any atom is -0.228 e. The predicted octanol–water partition coefficient (Wildman–Crippen LogP) is -0.749. The molecule has 0 aromatic carbocycles. The van der Waals surface area contributed by atoms with Gasteiger partial charge in [-0.2, -0.15) is 4.65 Å². The van der Waals surface area contributed by atoms with E-state index in [4.69, 9.17) is 0 Å². The van der Waals surface area contributed by atoms with Gasteiger partial charge in [0.15, 0.2) is 9.84 Å². The van der Waals surface area contributed by atoms with Crippen molar-refractivity contribution >= 4 is 9.84 Å². The van der Waals surface area contributed by atoms with E-state index in [0.717, 1.165) is 0 Å². The van der Waals surface area contributed by atoms with Gasteiger partial charge in [0, 0.05) is 0 Å². The number of hydrogen-bond acceptors (Lipinski definition) is 3. The molecule has 4 nitrogen and oxygen atoms in total. The molecule has 1 fully saturated rings. The van der Waals surface area contributed by atoms with E-state index in [1.807, 2.05) is 0 Å². The minimum absolute atomic E-state index is 0.111. The van der Waals surface area contributed by atoms with E-state index in [0.29, 0.717) is 13.1 Å². The Hall–Kier alpha value is -0.130. The van der Waals surface area contributed by atoms with E-state index < -0.39 is 9.84 Å². The maximum atomic E-state index is 10.8. The van der Waals surface area contributed by atoms with Gasteiger partial charge in [0.25, 0.3) is 0 Å². The van der Waals surface area contributed by atoms with Crippen LogP contribution in [0.1, 0.15) is 0 Å². The van der Waals surface area contributed by atoms with Crippen LogP contribution in [0.15, 0.2) is 0 Å². The molecule has 5 heteroatoms. The third kappa shape index (κ3) is 1.93. The maximum Gasteiger partial charge on any atom is 0.161 e. The molecule has 10 heavy (non-hydrogen) atoms. The fourth-order valence-corrected chi connectivity index (χ4v) is 2.43. The largest absolute Gasteiger partial charge is 0.228 e. The zero-order chi connectivity index (χ0) is 7.83. The fraction of sp³-hybridized carbons (Fsp3) is 1.00. The number of rotatable bonds is 0. The molecule has 0 bridgehead atoms. The average Bonchev–Trinajstić information content (AvgIpc) is 1.79. The Morgan fingerprint density at radius 3 is 2.00 bits per heavy atom. The van der Waals surface area contributed by atoms with Crippen LogP contribution in [-0.4, -0.2) is 49.9 Å². The van der Waals surface area contributed by atoms with E-state index in [1.54, 1.807) is 7.05 Å². The van der Waals surface area contributed by atoms with Crippen molar-refractivity contribution in [3.63, 3.8) is 0 Å². The molecule has 60 valence electrons. The standard InChI is InChI=1S/C5H12NO3S/c1-6(7)2-4-10(8,9)5-3-6/h7H,2-5H2,1H3/q+1. The van der Waals surface area contributed by atoms with Gasteiger partial charge >= 0.3 is 0 Å². The topological polar surface area (TPSA) is 54.4 Å². The van der Waals surface area contributed by atoms with Crippen molar-refractivity contribution in [2.45, 2.75) is 0 Å². The van der Waals surface area contributed by atoms with Crippen molar-refractivity contribution in [2.75, 3.05) is 31.6 Å². The van der Waals surface area contributed by atoms with Gasteiger partial charge in [-0.1, -0.05) is 0 Å². The number of sulfone groups is 1. The van der Waals surface area contributed by atoms with E-state index in [-0.39, 0.29) is 16.2 Å². The summed E-state index contributed by atoms with van der Waals surface area (Å²) in [5.74, 6) is 0.222. The molecular weight excluding hydrogens is 154 g/mol. The number of quaternary nitrogens is 1. The Labute approximate surface area is 60.5 Å². The highest BCUT2D eigenvalue weighted by Crippen LogP contribution is 2.06. The van der Waals surface area contributed by atoms with Crippen molar-refractivity contribution < 1.29 is 18.3 Å². The van der Waals surface area contributed by atoms with Crippen LogP contribution in [-0.2, 0) is 9.84 Å². The SMILES string of the molecule is C[N+]1(O)CCS(=O)(=O)CC1. The predicted molar refractivity (Wildman–Crippen MR) is 36.4 cm³/mol. The minimum atomic E-state index is -2.83. The monoisotopic (exact) mass is 166 g/mol. The van der Waals surface area contributed by atoms with Crippen molar-refractivity contribution in [1.29, 1.82) is 0 Å². The quantitative estimate of drug-likeness (QED) is 0.482. The Morgan fingerprint density at radius 2 is 1.70 bits per heavy atom. The summed E-state index contributed by atoms with van der Waals surface area (Å²) in [5.41, 5.74) is 0. The smallest absolute Gasteiger partial charge is 0.161 e. The third-order valence-corrected chi connectivity index (χ3v) is 3.38. The van der Waals surface area contributed by atoms with Crippen molar-refractivity contribution in [3.05, 3.63) is 0 Å². The first kappa shape index (κ1) is 7.97. The van der Waals surface area contributed by atoms with Crippen LogP contribution in [0.25, 0.3) is 0 Å². The molecule has 1 rings (SSSR count). The van der Waals surface area contributed by atoms with Gasteiger partial charge in [-0.05, 0) is 0 Å². The lowest BCUT2D eigenvalue weighted by Crippen LogP contribution is -2.51. The summed E-state index contributed by atoms with van der Waals surface area (Å²) >= 11 is 0. The Balaban J connectivity index is 2.63. The molecule has 0 aromatic rings. The van der Waals surface area contributed by atoms with E-state index in [1.165, 1.54) is 0 Å². The number of hydroxylamine groups is 3. The zero-order valence-electron chi connectivity index (χ0n) is 5.95. The summed E-state index contributed by atoms with van der Waals surface area (Å²) in [7, 11) is -1.21. The molecular formula is C5H12NO3S+. The molecule has 1 aliphatic rings. The van der Waals surface area contributed by atoms with Crippen LogP contribution in [0.3, 0.4) is 0 Å². The van der Waals surface area contributed by atoms with Gasteiger partial charge in [0.1, 0.15) is 24.6 Å². The van der Waals surface area contributed by atoms with Gasteiger partial charge in [-0.25, -0.2) is 13.6 Å². The highest BCUT2D eigenvalue weighted by molar-refractivity contribution is 7.91. The lowest BCUT2D eigenvalue weighted by Gasteiger charge is -2.28. The van der Waals surface area contributed by atoms with Gasteiger partial charge < -0.3 is 0 Å². The summed E-state index contributed by atoms with van der Waals surface area (Å²) < 4.78 is 21.5.